The summed E-state index contributed by atoms with van der Waals surface area (Å²) in [7, 11) is 0. The Morgan fingerprint density at radius 2 is 2.21 bits per heavy atom. The summed E-state index contributed by atoms with van der Waals surface area (Å²) < 4.78 is 5.61. The number of carbonyl (C=O) groups is 1. The third kappa shape index (κ3) is 2.75. The zero-order valence-corrected chi connectivity index (χ0v) is 12.3. The first-order valence-electron chi connectivity index (χ1n) is 6.91. The predicted octanol–water partition coefficient (Wildman–Crippen LogP) is 1.33. The van der Waals surface area contributed by atoms with Crippen molar-refractivity contribution in [3.8, 4) is 6.07 Å². The minimum Gasteiger partial charge on any atom is -0.378 e. The molecule has 1 fully saturated rings. The summed E-state index contributed by atoms with van der Waals surface area (Å²) in [6, 6.07) is 1.96. The van der Waals surface area contributed by atoms with E-state index in [-0.39, 0.29) is 18.1 Å². The van der Waals surface area contributed by atoms with Crippen molar-refractivity contribution in [2.24, 2.45) is 11.1 Å². The van der Waals surface area contributed by atoms with Gasteiger partial charge in [0.1, 0.15) is 5.54 Å². The minimum atomic E-state index is -0.907. The van der Waals surface area contributed by atoms with Gasteiger partial charge in [-0.15, -0.1) is 0 Å². The van der Waals surface area contributed by atoms with Gasteiger partial charge in [0.25, 0.3) is 0 Å². The lowest BCUT2D eigenvalue weighted by Crippen LogP contribution is -2.76. The number of carbonyl (C=O) groups excluding carboxylic acids is 1. The normalized spacial score (nSPS) is 30.0. The number of hydrogen-bond donors (Lipinski definition) is 2. The van der Waals surface area contributed by atoms with E-state index in [1.54, 1.807) is 0 Å². The molecule has 0 heterocycles. The van der Waals surface area contributed by atoms with Crippen LogP contribution in [0.5, 0.6) is 0 Å². The van der Waals surface area contributed by atoms with Crippen LogP contribution in [0, 0.1) is 16.7 Å². The fourth-order valence-corrected chi connectivity index (χ4v) is 2.54. The molecule has 0 aliphatic heterocycles. The van der Waals surface area contributed by atoms with Gasteiger partial charge in [-0.05, 0) is 13.3 Å². The average Bonchev–Trinajstić information content (AvgIpc) is 2.37. The number of hydrogen-bond acceptors (Lipinski definition) is 4. The van der Waals surface area contributed by atoms with Gasteiger partial charge in [-0.1, -0.05) is 20.8 Å². The minimum absolute atomic E-state index is 0.0179. The van der Waals surface area contributed by atoms with E-state index >= 15 is 0 Å². The van der Waals surface area contributed by atoms with Crippen LogP contribution in [0.15, 0.2) is 0 Å². The fourth-order valence-electron chi connectivity index (χ4n) is 2.54. The van der Waals surface area contributed by atoms with Gasteiger partial charge in [0, 0.05) is 24.5 Å². The third-order valence-corrected chi connectivity index (χ3v) is 4.40. The first-order chi connectivity index (χ1) is 8.83. The molecule has 1 amide bonds. The monoisotopic (exact) mass is 267 g/mol. The van der Waals surface area contributed by atoms with Crippen molar-refractivity contribution in [1.82, 2.24) is 5.32 Å². The van der Waals surface area contributed by atoms with Crippen LogP contribution in [0.3, 0.4) is 0 Å². The van der Waals surface area contributed by atoms with Crippen LogP contribution < -0.4 is 11.1 Å². The Labute approximate surface area is 115 Å². The molecule has 3 atom stereocenters. The lowest BCUT2D eigenvalue weighted by molar-refractivity contribution is -0.171. The molecule has 0 aromatic carbocycles. The first kappa shape index (κ1) is 15.9. The summed E-state index contributed by atoms with van der Waals surface area (Å²) in [5, 5.41) is 11.6. The van der Waals surface area contributed by atoms with Gasteiger partial charge in [-0.25, -0.2) is 0 Å². The molecular weight excluding hydrogens is 242 g/mol. The zero-order chi connectivity index (χ0) is 14.7. The van der Waals surface area contributed by atoms with Crippen molar-refractivity contribution in [3.63, 3.8) is 0 Å². The van der Waals surface area contributed by atoms with Crippen molar-refractivity contribution in [1.29, 1.82) is 5.26 Å². The second-order valence-electron chi connectivity index (χ2n) is 5.78. The molecule has 1 aliphatic carbocycles. The van der Waals surface area contributed by atoms with E-state index in [4.69, 9.17) is 15.7 Å². The van der Waals surface area contributed by atoms with Crippen LogP contribution in [0.25, 0.3) is 0 Å². The Bertz CT molecular complexity index is 375. The summed E-state index contributed by atoms with van der Waals surface area (Å²) in [6.07, 6.45) is 1.59. The van der Waals surface area contributed by atoms with E-state index in [1.807, 2.05) is 27.7 Å². The molecule has 5 nitrogen and oxygen atoms in total. The van der Waals surface area contributed by atoms with Crippen LogP contribution in [-0.2, 0) is 9.53 Å². The number of nitrogens with two attached hydrogens (primary N) is 1. The SMILES string of the molecule is CCOC1CC(N)(C(=O)NC(CC)CC#N)C1(C)C. The lowest BCUT2D eigenvalue weighted by Gasteiger charge is -2.57. The van der Waals surface area contributed by atoms with Gasteiger partial charge in [-0.3, -0.25) is 4.79 Å². The molecular formula is C14H25N3O2. The Morgan fingerprint density at radius 1 is 1.58 bits per heavy atom. The average molecular weight is 267 g/mol. The summed E-state index contributed by atoms with van der Waals surface area (Å²) in [4.78, 5) is 12.4. The molecule has 0 saturated heterocycles. The lowest BCUT2D eigenvalue weighted by atomic mass is 9.54. The number of nitriles is 1. The van der Waals surface area contributed by atoms with Crippen LogP contribution in [0.2, 0.25) is 0 Å². The van der Waals surface area contributed by atoms with Gasteiger partial charge < -0.3 is 15.8 Å². The molecule has 0 spiro atoms. The van der Waals surface area contributed by atoms with Crippen LogP contribution in [0.4, 0.5) is 0 Å². The third-order valence-electron chi connectivity index (χ3n) is 4.40. The van der Waals surface area contributed by atoms with Crippen molar-refractivity contribution in [2.45, 2.75) is 64.6 Å². The maximum atomic E-state index is 12.4. The van der Waals surface area contributed by atoms with E-state index in [2.05, 4.69) is 11.4 Å². The summed E-state index contributed by atoms with van der Waals surface area (Å²) in [5.41, 5.74) is 4.97. The predicted molar refractivity (Wildman–Crippen MR) is 73.2 cm³/mol. The van der Waals surface area contributed by atoms with Gasteiger partial charge in [0.2, 0.25) is 5.91 Å². The topological polar surface area (TPSA) is 88.1 Å². The van der Waals surface area contributed by atoms with Crippen molar-refractivity contribution < 1.29 is 9.53 Å². The van der Waals surface area contributed by atoms with Gasteiger partial charge in [-0.2, -0.15) is 5.26 Å². The molecule has 1 rings (SSSR count). The van der Waals surface area contributed by atoms with E-state index in [1.165, 1.54) is 0 Å². The van der Waals surface area contributed by atoms with Gasteiger partial charge in [0.05, 0.1) is 18.6 Å². The Morgan fingerprint density at radius 3 is 2.63 bits per heavy atom. The van der Waals surface area contributed by atoms with E-state index in [0.717, 1.165) is 6.42 Å². The number of nitrogens with zero attached hydrogens (tertiary/aromatic N) is 1. The standard InChI is InChI=1S/C14H25N3O2/c1-5-10(7-8-15)17-12(18)14(16)9-11(19-6-2)13(14,3)4/h10-11H,5-7,9,16H2,1-4H3,(H,17,18). The summed E-state index contributed by atoms with van der Waals surface area (Å²) >= 11 is 0. The number of rotatable bonds is 6. The zero-order valence-electron chi connectivity index (χ0n) is 12.3. The quantitative estimate of drug-likeness (QED) is 0.760. The molecule has 3 N–H and O–H groups in total. The molecule has 0 aromatic heterocycles. The van der Waals surface area contributed by atoms with Crippen molar-refractivity contribution in [2.75, 3.05) is 6.61 Å². The molecule has 5 heteroatoms. The summed E-state index contributed by atoms with van der Waals surface area (Å²) in [6.45, 7) is 8.42. The smallest absolute Gasteiger partial charge is 0.241 e. The van der Waals surface area contributed by atoms with Crippen LogP contribution in [0.1, 0.15) is 47.0 Å². The molecule has 0 radical (unpaired) electrons. The van der Waals surface area contributed by atoms with Crippen molar-refractivity contribution in [3.05, 3.63) is 0 Å². The fraction of sp³-hybridized carbons (Fsp3) is 0.857. The number of ether oxygens (including phenoxy) is 1. The summed E-state index contributed by atoms with van der Waals surface area (Å²) in [5.74, 6) is -0.171. The second-order valence-corrected chi connectivity index (χ2v) is 5.78. The highest BCUT2D eigenvalue weighted by Gasteiger charge is 2.62. The molecule has 108 valence electrons. The molecule has 1 saturated carbocycles. The van der Waals surface area contributed by atoms with Gasteiger partial charge >= 0.3 is 0 Å². The van der Waals surface area contributed by atoms with E-state index in [0.29, 0.717) is 19.4 Å². The Hall–Kier alpha value is -1.12. The highest BCUT2D eigenvalue weighted by molar-refractivity contribution is 5.89. The largest absolute Gasteiger partial charge is 0.378 e. The molecule has 1 aliphatic rings. The maximum Gasteiger partial charge on any atom is 0.241 e. The van der Waals surface area contributed by atoms with Crippen molar-refractivity contribution >= 4 is 5.91 Å². The van der Waals surface area contributed by atoms with Crippen LogP contribution in [-0.4, -0.2) is 30.2 Å². The second kappa shape index (κ2) is 5.89. The van der Waals surface area contributed by atoms with Gasteiger partial charge in [0.15, 0.2) is 0 Å². The highest BCUT2D eigenvalue weighted by atomic mass is 16.5. The highest BCUT2D eigenvalue weighted by Crippen LogP contribution is 2.49. The molecule has 0 bridgehead atoms. The number of nitrogens with one attached hydrogen (secondary N) is 1. The Balaban J connectivity index is 2.70. The molecule has 0 aromatic rings. The maximum absolute atomic E-state index is 12.4. The molecule has 3 unspecified atom stereocenters. The van der Waals surface area contributed by atoms with Crippen LogP contribution >= 0.6 is 0 Å². The van der Waals surface area contributed by atoms with E-state index in [9.17, 15) is 4.79 Å². The Kier molecular flexibility index (Phi) is 4.94. The first-order valence-corrected chi connectivity index (χ1v) is 6.91. The number of amides is 1. The molecule has 19 heavy (non-hydrogen) atoms. The van der Waals surface area contributed by atoms with E-state index < -0.39 is 11.0 Å².